The van der Waals surface area contributed by atoms with Gasteiger partial charge >= 0.3 is 0 Å². The highest BCUT2D eigenvalue weighted by atomic mass is 16.5. The van der Waals surface area contributed by atoms with Gasteiger partial charge in [-0.15, -0.1) is 0 Å². The van der Waals surface area contributed by atoms with Crippen molar-refractivity contribution in [1.82, 2.24) is 30.6 Å². The van der Waals surface area contributed by atoms with Crippen LogP contribution in [0, 0.1) is 0 Å². The van der Waals surface area contributed by atoms with Crippen LogP contribution in [0.2, 0.25) is 0 Å². The highest BCUT2D eigenvalue weighted by molar-refractivity contribution is 5.79. The first kappa shape index (κ1) is 20.6. The zero-order valence-electron chi connectivity index (χ0n) is 17.3. The van der Waals surface area contributed by atoms with E-state index in [1.165, 1.54) is 11.1 Å². The molecular formula is C21H29N7O. The van der Waals surface area contributed by atoms with Gasteiger partial charge in [-0.25, -0.2) is 0 Å². The highest BCUT2D eigenvalue weighted by Crippen LogP contribution is 2.11. The van der Waals surface area contributed by atoms with Crippen LogP contribution < -0.4 is 10.6 Å². The van der Waals surface area contributed by atoms with Crippen molar-refractivity contribution < 1.29 is 4.52 Å². The number of aromatic nitrogens is 4. The molecule has 0 atom stereocenters. The lowest BCUT2D eigenvalue weighted by atomic mass is 10.1. The molecule has 0 aliphatic rings. The van der Waals surface area contributed by atoms with E-state index in [-0.39, 0.29) is 5.92 Å². The van der Waals surface area contributed by atoms with Gasteiger partial charge in [-0.05, 0) is 23.6 Å². The molecule has 0 aliphatic heterocycles. The number of hydrogen-bond donors (Lipinski definition) is 2. The summed E-state index contributed by atoms with van der Waals surface area (Å²) in [6.07, 6.45) is 5.40. The second kappa shape index (κ2) is 10.4. The van der Waals surface area contributed by atoms with E-state index in [0.717, 1.165) is 37.7 Å². The Labute approximate surface area is 171 Å². The number of guanidine groups is 1. The third kappa shape index (κ3) is 6.17. The van der Waals surface area contributed by atoms with Crippen LogP contribution in [-0.4, -0.2) is 39.5 Å². The summed E-state index contributed by atoms with van der Waals surface area (Å²) in [6.45, 7) is 6.32. The summed E-state index contributed by atoms with van der Waals surface area (Å²) in [4.78, 5) is 8.71. The van der Waals surface area contributed by atoms with Gasteiger partial charge in [0.05, 0.1) is 6.54 Å². The van der Waals surface area contributed by atoms with E-state index < -0.39 is 0 Å². The Kier molecular flexibility index (Phi) is 7.38. The molecule has 1 aromatic carbocycles. The predicted octanol–water partition coefficient (Wildman–Crippen LogP) is 2.74. The number of benzene rings is 1. The average molecular weight is 396 g/mol. The smallest absolute Gasteiger partial charge is 0.226 e. The van der Waals surface area contributed by atoms with Crippen LogP contribution in [0.25, 0.3) is 0 Å². The maximum Gasteiger partial charge on any atom is 0.226 e. The zero-order valence-corrected chi connectivity index (χ0v) is 17.3. The maximum atomic E-state index is 5.28. The average Bonchev–Trinajstić information content (AvgIpc) is 3.40. The summed E-state index contributed by atoms with van der Waals surface area (Å²) in [5.74, 6) is 2.50. The van der Waals surface area contributed by atoms with Crippen LogP contribution in [0.5, 0.6) is 0 Å². The van der Waals surface area contributed by atoms with Gasteiger partial charge in [0.2, 0.25) is 5.89 Å². The number of nitrogens with one attached hydrogen (secondary N) is 2. The van der Waals surface area contributed by atoms with Crippen molar-refractivity contribution in [3.05, 3.63) is 65.6 Å². The van der Waals surface area contributed by atoms with Crippen LogP contribution in [0.4, 0.5) is 0 Å². The van der Waals surface area contributed by atoms with Crippen molar-refractivity contribution in [2.24, 2.45) is 4.99 Å². The minimum absolute atomic E-state index is 0.282. The van der Waals surface area contributed by atoms with Crippen LogP contribution in [-0.2, 0) is 19.5 Å². The first-order valence-electron chi connectivity index (χ1n) is 9.97. The summed E-state index contributed by atoms with van der Waals surface area (Å²) in [5, 5.41) is 15.0. The molecule has 2 heterocycles. The molecule has 2 aromatic heterocycles. The van der Waals surface area contributed by atoms with E-state index in [0.29, 0.717) is 12.4 Å². The lowest BCUT2D eigenvalue weighted by Gasteiger charge is -2.14. The van der Waals surface area contributed by atoms with Gasteiger partial charge in [0.15, 0.2) is 11.8 Å². The quantitative estimate of drug-likeness (QED) is 0.329. The predicted molar refractivity (Wildman–Crippen MR) is 113 cm³/mol. The Balaban J connectivity index is 1.44. The van der Waals surface area contributed by atoms with E-state index in [9.17, 15) is 0 Å². The van der Waals surface area contributed by atoms with Gasteiger partial charge in [-0.1, -0.05) is 43.3 Å². The molecule has 0 saturated heterocycles. The maximum absolute atomic E-state index is 5.28. The van der Waals surface area contributed by atoms with Gasteiger partial charge < -0.3 is 15.2 Å². The van der Waals surface area contributed by atoms with Crippen molar-refractivity contribution in [3.63, 3.8) is 0 Å². The van der Waals surface area contributed by atoms with E-state index >= 15 is 0 Å². The molecule has 0 spiro atoms. The molecule has 3 rings (SSSR count). The van der Waals surface area contributed by atoms with Crippen molar-refractivity contribution in [3.8, 4) is 0 Å². The molecule has 0 fully saturated rings. The van der Waals surface area contributed by atoms with Gasteiger partial charge in [0, 0.05) is 44.9 Å². The van der Waals surface area contributed by atoms with E-state index in [2.05, 4.69) is 69.0 Å². The van der Waals surface area contributed by atoms with Crippen molar-refractivity contribution in [2.45, 2.75) is 45.7 Å². The zero-order chi connectivity index (χ0) is 20.5. The number of hydrogen-bond acceptors (Lipinski definition) is 5. The lowest BCUT2D eigenvalue weighted by molar-refractivity contribution is 0.368. The van der Waals surface area contributed by atoms with Gasteiger partial charge in [-0.2, -0.15) is 10.1 Å². The fourth-order valence-corrected chi connectivity index (χ4v) is 2.90. The fraction of sp³-hybridized carbons (Fsp3) is 0.429. The molecule has 0 aliphatic carbocycles. The standard InChI is InChI=1S/C21H29N7O/c1-16(2)20-26-19(29-27-20)10-6-11-23-21(22-3)24-14-17-8-4-5-9-18(17)15-28-13-7-12-25-28/h4-5,7-9,12-13,16H,6,10-11,14-15H2,1-3H3,(H2,22,23,24). The first-order valence-corrected chi connectivity index (χ1v) is 9.97. The number of rotatable bonds is 9. The summed E-state index contributed by atoms with van der Waals surface area (Å²) in [5.41, 5.74) is 2.45. The molecule has 8 heteroatoms. The summed E-state index contributed by atoms with van der Waals surface area (Å²) >= 11 is 0. The van der Waals surface area contributed by atoms with Crippen LogP contribution in [0.3, 0.4) is 0 Å². The number of nitrogens with zero attached hydrogens (tertiary/aromatic N) is 5. The molecule has 0 radical (unpaired) electrons. The summed E-state index contributed by atoms with van der Waals surface area (Å²) in [7, 11) is 1.78. The van der Waals surface area contributed by atoms with Crippen molar-refractivity contribution in [1.29, 1.82) is 0 Å². The second-order valence-electron chi connectivity index (χ2n) is 7.13. The highest BCUT2D eigenvalue weighted by Gasteiger charge is 2.09. The Hall–Kier alpha value is -3.16. The molecular weight excluding hydrogens is 366 g/mol. The van der Waals surface area contributed by atoms with E-state index in [4.69, 9.17) is 4.52 Å². The van der Waals surface area contributed by atoms with Crippen LogP contribution >= 0.6 is 0 Å². The Morgan fingerprint density at radius 2 is 2.00 bits per heavy atom. The second-order valence-corrected chi connectivity index (χ2v) is 7.13. The summed E-state index contributed by atoms with van der Waals surface area (Å²) < 4.78 is 7.20. The monoisotopic (exact) mass is 395 g/mol. The Morgan fingerprint density at radius 3 is 2.69 bits per heavy atom. The van der Waals surface area contributed by atoms with Gasteiger partial charge in [0.25, 0.3) is 0 Å². The molecule has 8 nitrogen and oxygen atoms in total. The normalized spacial score (nSPS) is 11.8. The summed E-state index contributed by atoms with van der Waals surface area (Å²) in [6, 6.07) is 10.3. The third-order valence-corrected chi connectivity index (χ3v) is 4.54. The SMILES string of the molecule is CN=C(NCCCc1nc(C(C)C)no1)NCc1ccccc1Cn1cccn1. The van der Waals surface area contributed by atoms with Crippen LogP contribution in [0.15, 0.2) is 52.2 Å². The number of aryl methyl sites for hydroxylation is 1. The molecule has 0 saturated carbocycles. The minimum atomic E-state index is 0.282. The van der Waals surface area contributed by atoms with Crippen LogP contribution in [0.1, 0.15) is 49.0 Å². The van der Waals surface area contributed by atoms with E-state index in [1.807, 2.05) is 16.9 Å². The molecule has 0 bridgehead atoms. The van der Waals surface area contributed by atoms with Crippen molar-refractivity contribution >= 4 is 5.96 Å². The van der Waals surface area contributed by atoms with E-state index in [1.54, 1.807) is 13.2 Å². The topological polar surface area (TPSA) is 93.2 Å². The Morgan fingerprint density at radius 1 is 1.17 bits per heavy atom. The molecule has 154 valence electrons. The lowest BCUT2D eigenvalue weighted by Crippen LogP contribution is -2.37. The first-order chi connectivity index (χ1) is 14.2. The largest absolute Gasteiger partial charge is 0.356 e. The third-order valence-electron chi connectivity index (χ3n) is 4.54. The fourth-order valence-electron chi connectivity index (χ4n) is 2.90. The molecule has 2 N–H and O–H groups in total. The van der Waals surface area contributed by atoms with Crippen molar-refractivity contribution in [2.75, 3.05) is 13.6 Å². The molecule has 0 unspecified atom stereocenters. The Bertz CT molecular complexity index is 899. The molecule has 29 heavy (non-hydrogen) atoms. The molecule has 3 aromatic rings. The minimum Gasteiger partial charge on any atom is -0.356 e. The molecule has 0 amide bonds. The van der Waals surface area contributed by atoms with Gasteiger partial charge in [-0.3, -0.25) is 9.67 Å². The number of aliphatic imine (C=N–C) groups is 1. The van der Waals surface area contributed by atoms with Gasteiger partial charge in [0.1, 0.15) is 0 Å².